The molecule has 5 nitrogen and oxygen atoms in total. The molecule has 0 aliphatic carbocycles. The number of amides is 2. The Morgan fingerprint density at radius 3 is 2.40 bits per heavy atom. The highest BCUT2D eigenvalue weighted by molar-refractivity contribution is 6.39. The second-order valence-electron chi connectivity index (χ2n) is 5.25. The van der Waals surface area contributed by atoms with Crippen molar-refractivity contribution in [2.75, 3.05) is 11.9 Å². The summed E-state index contributed by atoms with van der Waals surface area (Å²) in [7, 11) is 0. The minimum Gasteiger partial charge on any atom is -0.394 e. The Morgan fingerprint density at radius 1 is 1.20 bits per heavy atom. The van der Waals surface area contributed by atoms with Crippen molar-refractivity contribution in [2.45, 2.75) is 33.2 Å². The summed E-state index contributed by atoms with van der Waals surface area (Å²) in [6, 6.07) is 6.83. The summed E-state index contributed by atoms with van der Waals surface area (Å²) < 4.78 is 0. The van der Waals surface area contributed by atoms with Crippen LogP contribution in [0.2, 0.25) is 0 Å². The summed E-state index contributed by atoms with van der Waals surface area (Å²) in [6.07, 6.45) is 0.625. The number of carbonyl (C=O) groups excluding carboxylic acids is 2. The van der Waals surface area contributed by atoms with Gasteiger partial charge in [0.25, 0.3) is 0 Å². The maximum Gasteiger partial charge on any atom is 0.313 e. The highest BCUT2D eigenvalue weighted by Crippen LogP contribution is 2.12. The number of para-hydroxylation sites is 1. The van der Waals surface area contributed by atoms with E-state index < -0.39 is 17.9 Å². The summed E-state index contributed by atoms with van der Waals surface area (Å²) in [5, 5.41) is 14.3. The maximum atomic E-state index is 11.8. The van der Waals surface area contributed by atoms with Crippen molar-refractivity contribution in [1.82, 2.24) is 5.32 Å². The number of aryl methyl sites for hydroxylation is 1. The summed E-state index contributed by atoms with van der Waals surface area (Å²) in [5.74, 6) is -1.12. The van der Waals surface area contributed by atoms with Gasteiger partial charge in [-0.2, -0.15) is 0 Å². The Bertz CT molecular complexity index is 472. The van der Waals surface area contributed by atoms with E-state index in [0.717, 1.165) is 5.56 Å². The van der Waals surface area contributed by atoms with E-state index in [2.05, 4.69) is 10.6 Å². The lowest BCUT2D eigenvalue weighted by atomic mass is 10.0. The van der Waals surface area contributed by atoms with E-state index in [1.165, 1.54) is 0 Å². The lowest BCUT2D eigenvalue weighted by Gasteiger charge is -2.18. The van der Waals surface area contributed by atoms with Crippen molar-refractivity contribution >= 4 is 17.5 Å². The first kappa shape index (κ1) is 16.2. The van der Waals surface area contributed by atoms with Gasteiger partial charge in [0, 0.05) is 5.69 Å². The fourth-order valence-electron chi connectivity index (χ4n) is 1.89. The van der Waals surface area contributed by atoms with Gasteiger partial charge in [0.2, 0.25) is 0 Å². The van der Waals surface area contributed by atoms with Crippen molar-refractivity contribution in [2.24, 2.45) is 5.92 Å². The van der Waals surface area contributed by atoms with Gasteiger partial charge < -0.3 is 15.7 Å². The van der Waals surface area contributed by atoms with Crippen LogP contribution in [0.1, 0.15) is 25.8 Å². The Kier molecular flexibility index (Phi) is 6.18. The van der Waals surface area contributed by atoms with Crippen molar-refractivity contribution in [3.63, 3.8) is 0 Å². The van der Waals surface area contributed by atoms with Crippen LogP contribution in [0.25, 0.3) is 0 Å². The number of rotatable bonds is 5. The Balaban J connectivity index is 2.59. The van der Waals surface area contributed by atoms with Crippen LogP contribution in [0.3, 0.4) is 0 Å². The van der Waals surface area contributed by atoms with Gasteiger partial charge in [-0.25, -0.2) is 0 Å². The zero-order valence-corrected chi connectivity index (χ0v) is 12.1. The van der Waals surface area contributed by atoms with E-state index in [1.807, 2.05) is 32.9 Å². The average molecular weight is 278 g/mol. The molecule has 3 N–H and O–H groups in total. The zero-order valence-electron chi connectivity index (χ0n) is 12.1. The van der Waals surface area contributed by atoms with Crippen LogP contribution >= 0.6 is 0 Å². The first-order valence-corrected chi connectivity index (χ1v) is 6.72. The summed E-state index contributed by atoms with van der Waals surface area (Å²) in [4.78, 5) is 23.6. The predicted molar refractivity (Wildman–Crippen MR) is 78.3 cm³/mol. The number of carbonyl (C=O) groups is 2. The molecule has 1 aromatic carbocycles. The Hall–Kier alpha value is -1.88. The van der Waals surface area contributed by atoms with E-state index in [1.54, 1.807) is 12.1 Å². The van der Waals surface area contributed by atoms with Crippen LogP contribution in [0.15, 0.2) is 24.3 Å². The number of hydrogen-bond donors (Lipinski definition) is 3. The molecule has 0 aliphatic heterocycles. The molecule has 0 bridgehead atoms. The SMILES string of the molecule is Cc1ccccc1NC(=O)C(=O)NC(CO)CC(C)C. The molecule has 20 heavy (non-hydrogen) atoms. The monoisotopic (exact) mass is 278 g/mol. The standard InChI is InChI=1S/C15H22N2O3/c1-10(2)8-12(9-18)16-14(19)15(20)17-13-7-5-4-6-11(13)3/h4-7,10,12,18H,8-9H2,1-3H3,(H,16,19)(H,17,20). The molecule has 0 saturated heterocycles. The highest BCUT2D eigenvalue weighted by atomic mass is 16.3. The molecule has 1 rings (SSSR count). The fraction of sp³-hybridized carbons (Fsp3) is 0.467. The van der Waals surface area contributed by atoms with Crippen molar-refractivity contribution < 1.29 is 14.7 Å². The summed E-state index contributed by atoms with van der Waals surface area (Å²) >= 11 is 0. The number of aliphatic hydroxyl groups is 1. The number of aliphatic hydroxyl groups excluding tert-OH is 1. The fourth-order valence-corrected chi connectivity index (χ4v) is 1.89. The molecule has 0 radical (unpaired) electrons. The summed E-state index contributed by atoms with van der Waals surface area (Å²) in [5.41, 5.74) is 1.49. The molecule has 110 valence electrons. The quantitative estimate of drug-likeness (QED) is 0.713. The normalized spacial score (nSPS) is 12.1. The molecular weight excluding hydrogens is 256 g/mol. The van der Waals surface area contributed by atoms with Gasteiger partial charge in [-0.05, 0) is 30.9 Å². The van der Waals surface area contributed by atoms with Gasteiger partial charge in [-0.15, -0.1) is 0 Å². The van der Waals surface area contributed by atoms with Gasteiger partial charge in [-0.1, -0.05) is 32.0 Å². The average Bonchev–Trinajstić information content (AvgIpc) is 2.39. The molecule has 0 fully saturated rings. The molecule has 0 aliphatic rings. The van der Waals surface area contributed by atoms with Crippen LogP contribution in [-0.4, -0.2) is 29.6 Å². The third kappa shape index (κ3) is 5.01. The Labute approximate surface area is 119 Å². The van der Waals surface area contributed by atoms with Crippen molar-refractivity contribution in [1.29, 1.82) is 0 Å². The molecular formula is C15H22N2O3. The molecule has 0 saturated carbocycles. The van der Waals surface area contributed by atoms with Gasteiger partial charge in [0.1, 0.15) is 0 Å². The van der Waals surface area contributed by atoms with Crippen LogP contribution in [0, 0.1) is 12.8 Å². The number of nitrogens with one attached hydrogen (secondary N) is 2. The smallest absolute Gasteiger partial charge is 0.313 e. The minimum absolute atomic E-state index is 0.179. The van der Waals surface area contributed by atoms with Gasteiger partial charge in [0.15, 0.2) is 0 Å². The van der Waals surface area contributed by atoms with E-state index >= 15 is 0 Å². The van der Waals surface area contributed by atoms with Gasteiger partial charge >= 0.3 is 11.8 Å². The van der Waals surface area contributed by atoms with E-state index in [9.17, 15) is 14.7 Å². The lowest BCUT2D eigenvalue weighted by Crippen LogP contribution is -2.44. The largest absolute Gasteiger partial charge is 0.394 e. The zero-order chi connectivity index (χ0) is 15.1. The van der Waals surface area contributed by atoms with Gasteiger partial charge in [0.05, 0.1) is 12.6 Å². The molecule has 1 aromatic rings. The number of benzene rings is 1. The summed E-state index contributed by atoms with van der Waals surface area (Å²) in [6.45, 7) is 5.65. The van der Waals surface area contributed by atoms with E-state index in [0.29, 0.717) is 18.0 Å². The molecule has 5 heteroatoms. The lowest BCUT2D eigenvalue weighted by molar-refractivity contribution is -0.136. The molecule has 1 unspecified atom stereocenters. The minimum atomic E-state index is -0.729. The van der Waals surface area contributed by atoms with E-state index in [-0.39, 0.29) is 6.61 Å². The van der Waals surface area contributed by atoms with E-state index in [4.69, 9.17) is 0 Å². The topological polar surface area (TPSA) is 78.4 Å². The number of hydrogen-bond acceptors (Lipinski definition) is 3. The van der Waals surface area contributed by atoms with Crippen LogP contribution < -0.4 is 10.6 Å². The molecule has 1 atom stereocenters. The highest BCUT2D eigenvalue weighted by Gasteiger charge is 2.19. The van der Waals surface area contributed by atoms with Gasteiger partial charge in [-0.3, -0.25) is 9.59 Å². The molecule has 0 spiro atoms. The predicted octanol–water partition coefficient (Wildman–Crippen LogP) is 1.46. The third-order valence-corrected chi connectivity index (χ3v) is 2.91. The van der Waals surface area contributed by atoms with Crippen molar-refractivity contribution in [3.8, 4) is 0 Å². The van der Waals surface area contributed by atoms with Crippen LogP contribution in [-0.2, 0) is 9.59 Å². The third-order valence-electron chi connectivity index (χ3n) is 2.91. The van der Waals surface area contributed by atoms with Crippen LogP contribution in [0.4, 0.5) is 5.69 Å². The first-order chi connectivity index (χ1) is 9.43. The second-order valence-corrected chi connectivity index (χ2v) is 5.25. The number of anilines is 1. The molecule has 0 heterocycles. The molecule has 2 amide bonds. The van der Waals surface area contributed by atoms with Crippen molar-refractivity contribution in [3.05, 3.63) is 29.8 Å². The second kappa shape index (κ2) is 7.65. The maximum absolute atomic E-state index is 11.8. The van der Waals surface area contributed by atoms with Crippen LogP contribution in [0.5, 0.6) is 0 Å². The first-order valence-electron chi connectivity index (χ1n) is 6.72. The molecule has 0 aromatic heterocycles. The Morgan fingerprint density at radius 2 is 1.85 bits per heavy atom.